The number of aromatic nitrogens is 3. The Bertz CT molecular complexity index is 960. The third-order valence-electron chi connectivity index (χ3n) is 3.92. The van der Waals surface area contributed by atoms with E-state index in [-0.39, 0.29) is 0 Å². The van der Waals surface area contributed by atoms with Crippen LogP contribution in [0.1, 0.15) is 23.0 Å². The number of methoxy groups -OCH3 is 1. The Morgan fingerprint density at radius 1 is 1.11 bits per heavy atom. The molecule has 8 heteroatoms. The fourth-order valence-electron chi connectivity index (χ4n) is 2.61. The van der Waals surface area contributed by atoms with Gasteiger partial charge in [-0.2, -0.15) is 0 Å². The minimum Gasteiger partial charge on any atom is -0.494 e. The number of amides is 1. The number of benzene rings is 1. The monoisotopic (exact) mass is 379 g/mol. The van der Waals surface area contributed by atoms with E-state index in [1.807, 2.05) is 25.1 Å². The van der Waals surface area contributed by atoms with Crippen molar-refractivity contribution in [3.8, 4) is 17.0 Å². The number of carbonyl (C=O) groups is 1. The van der Waals surface area contributed by atoms with Gasteiger partial charge in [0.05, 0.1) is 48.2 Å². The van der Waals surface area contributed by atoms with Crippen LogP contribution in [0.2, 0.25) is 0 Å². The van der Waals surface area contributed by atoms with Gasteiger partial charge in [-0.3, -0.25) is 24.6 Å². The average Bonchev–Trinajstić information content (AvgIpc) is 2.73. The molecule has 0 spiro atoms. The molecular formula is C20H21N5O3. The van der Waals surface area contributed by atoms with Crippen LogP contribution in [-0.2, 0) is 4.84 Å². The first-order valence-corrected chi connectivity index (χ1v) is 8.73. The highest BCUT2D eigenvalue weighted by Gasteiger charge is 2.16. The van der Waals surface area contributed by atoms with Gasteiger partial charge in [0.2, 0.25) is 0 Å². The summed E-state index contributed by atoms with van der Waals surface area (Å²) in [7, 11) is 1.58. The highest BCUT2D eigenvalue weighted by molar-refractivity contribution is 5.99. The second-order valence-corrected chi connectivity index (χ2v) is 5.84. The minimum atomic E-state index is -0.392. The Hall–Kier alpha value is -3.52. The Kier molecular flexibility index (Phi) is 6.13. The molecule has 1 amide bonds. The molecule has 2 heterocycles. The molecule has 3 rings (SSSR count). The summed E-state index contributed by atoms with van der Waals surface area (Å²) in [6.07, 6.45) is 6.47. The van der Waals surface area contributed by atoms with E-state index in [1.165, 1.54) is 6.20 Å². The molecule has 0 atom stereocenters. The van der Waals surface area contributed by atoms with E-state index in [1.54, 1.807) is 38.7 Å². The Morgan fingerprint density at radius 2 is 1.96 bits per heavy atom. The number of ether oxygens (including phenoxy) is 1. The molecule has 0 saturated heterocycles. The predicted octanol–water partition coefficient (Wildman–Crippen LogP) is 3.28. The normalized spacial score (nSPS) is 10.4. The van der Waals surface area contributed by atoms with Crippen molar-refractivity contribution < 1.29 is 14.4 Å². The van der Waals surface area contributed by atoms with E-state index in [0.29, 0.717) is 35.0 Å². The average molecular weight is 379 g/mol. The standard InChI is InChI=1S/C20H21N5O3/c1-4-28-25-20(26)15-11-21-9-8-16(15)24-17-7-5-6-14(19(17)27-3)18-12-22-13(2)10-23-18/h5-12H,4H2,1-3H3,(H,21,24)(H,25,26). The number of rotatable bonds is 7. The zero-order valence-corrected chi connectivity index (χ0v) is 15.9. The van der Waals surface area contributed by atoms with E-state index < -0.39 is 5.91 Å². The van der Waals surface area contributed by atoms with Crippen molar-refractivity contribution in [3.63, 3.8) is 0 Å². The number of para-hydroxylation sites is 1. The van der Waals surface area contributed by atoms with Crippen molar-refractivity contribution in [2.24, 2.45) is 0 Å². The van der Waals surface area contributed by atoms with Crippen LogP contribution in [0, 0.1) is 6.92 Å². The predicted molar refractivity (Wildman–Crippen MR) is 105 cm³/mol. The Morgan fingerprint density at radius 3 is 2.68 bits per heavy atom. The topological polar surface area (TPSA) is 98.3 Å². The highest BCUT2D eigenvalue weighted by Crippen LogP contribution is 2.37. The molecule has 0 aliphatic rings. The van der Waals surface area contributed by atoms with Crippen LogP contribution in [0.25, 0.3) is 11.3 Å². The molecule has 0 aliphatic carbocycles. The zero-order chi connectivity index (χ0) is 19.9. The van der Waals surface area contributed by atoms with Crippen LogP contribution >= 0.6 is 0 Å². The largest absolute Gasteiger partial charge is 0.494 e. The molecule has 0 unspecified atom stereocenters. The summed E-state index contributed by atoms with van der Waals surface area (Å²) >= 11 is 0. The number of pyridine rings is 1. The first-order valence-electron chi connectivity index (χ1n) is 8.73. The highest BCUT2D eigenvalue weighted by atomic mass is 16.6. The van der Waals surface area contributed by atoms with Gasteiger partial charge < -0.3 is 10.1 Å². The van der Waals surface area contributed by atoms with Gasteiger partial charge in [0.15, 0.2) is 5.75 Å². The molecular weight excluding hydrogens is 358 g/mol. The third kappa shape index (κ3) is 4.24. The quantitative estimate of drug-likeness (QED) is 0.608. The van der Waals surface area contributed by atoms with Gasteiger partial charge in [-0.1, -0.05) is 6.07 Å². The van der Waals surface area contributed by atoms with Gasteiger partial charge >= 0.3 is 0 Å². The zero-order valence-electron chi connectivity index (χ0n) is 15.9. The number of hydrogen-bond acceptors (Lipinski definition) is 7. The molecule has 144 valence electrons. The lowest BCUT2D eigenvalue weighted by molar-refractivity contribution is 0.0365. The number of hydroxylamine groups is 1. The first-order chi connectivity index (χ1) is 13.6. The maximum atomic E-state index is 12.3. The summed E-state index contributed by atoms with van der Waals surface area (Å²) in [5.41, 5.74) is 6.28. The van der Waals surface area contributed by atoms with E-state index in [0.717, 1.165) is 11.3 Å². The number of carbonyl (C=O) groups excluding carboxylic acids is 1. The van der Waals surface area contributed by atoms with Gasteiger partial charge in [0.25, 0.3) is 5.91 Å². The molecule has 28 heavy (non-hydrogen) atoms. The first kappa shape index (κ1) is 19.2. The fraction of sp³-hybridized carbons (Fsp3) is 0.200. The second kappa shape index (κ2) is 8.92. The number of anilines is 2. The van der Waals surface area contributed by atoms with E-state index >= 15 is 0 Å². The number of nitrogens with zero attached hydrogens (tertiary/aromatic N) is 3. The van der Waals surface area contributed by atoms with E-state index in [9.17, 15) is 4.79 Å². The maximum Gasteiger partial charge on any atom is 0.278 e. The lowest BCUT2D eigenvalue weighted by Gasteiger charge is -2.16. The second-order valence-electron chi connectivity index (χ2n) is 5.84. The van der Waals surface area contributed by atoms with Crippen molar-refractivity contribution in [1.29, 1.82) is 0 Å². The van der Waals surface area contributed by atoms with Crippen molar-refractivity contribution >= 4 is 17.3 Å². The van der Waals surface area contributed by atoms with Crippen molar-refractivity contribution in [2.75, 3.05) is 19.0 Å². The third-order valence-corrected chi connectivity index (χ3v) is 3.92. The molecule has 0 radical (unpaired) electrons. The van der Waals surface area contributed by atoms with Crippen molar-refractivity contribution in [2.45, 2.75) is 13.8 Å². The lowest BCUT2D eigenvalue weighted by atomic mass is 10.1. The lowest BCUT2D eigenvalue weighted by Crippen LogP contribution is -2.24. The molecule has 2 aromatic heterocycles. The summed E-state index contributed by atoms with van der Waals surface area (Å²) in [5.74, 6) is 0.200. The van der Waals surface area contributed by atoms with Gasteiger partial charge in [-0.05, 0) is 32.0 Å². The number of nitrogens with one attached hydrogen (secondary N) is 2. The molecule has 2 N–H and O–H groups in total. The Labute approximate surface area is 162 Å². The summed E-state index contributed by atoms with van der Waals surface area (Å²) in [6.45, 7) is 4.03. The van der Waals surface area contributed by atoms with E-state index in [2.05, 4.69) is 25.7 Å². The van der Waals surface area contributed by atoms with Gasteiger partial charge in [0.1, 0.15) is 0 Å². The summed E-state index contributed by atoms with van der Waals surface area (Å²) in [6, 6.07) is 7.34. The van der Waals surface area contributed by atoms with Crippen LogP contribution in [0.3, 0.4) is 0 Å². The summed E-state index contributed by atoms with van der Waals surface area (Å²) in [4.78, 5) is 30.1. The van der Waals surface area contributed by atoms with Gasteiger partial charge in [0, 0.05) is 24.2 Å². The molecule has 0 aliphatic heterocycles. The molecule has 1 aromatic carbocycles. The van der Waals surface area contributed by atoms with Crippen molar-refractivity contribution in [3.05, 3.63) is 60.3 Å². The summed E-state index contributed by atoms with van der Waals surface area (Å²) in [5, 5.41) is 3.24. The van der Waals surface area contributed by atoms with Crippen molar-refractivity contribution in [1.82, 2.24) is 20.4 Å². The van der Waals surface area contributed by atoms with Crippen LogP contribution in [0.15, 0.2) is 49.1 Å². The number of hydrogen-bond donors (Lipinski definition) is 2. The fourth-order valence-corrected chi connectivity index (χ4v) is 2.61. The van der Waals surface area contributed by atoms with Gasteiger partial charge in [-0.25, -0.2) is 5.48 Å². The van der Waals surface area contributed by atoms with Crippen LogP contribution in [0.4, 0.5) is 11.4 Å². The number of aryl methyl sites for hydroxylation is 1. The van der Waals surface area contributed by atoms with Crippen LogP contribution in [0.5, 0.6) is 5.75 Å². The van der Waals surface area contributed by atoms with Crippen LogP contribution < -0.4 is 15.5 Å². The van der Waals surface area contributed by atoms with Gasteiger partial charge in [-0.15, -0.1) is 0 Å². The molecule has 8 nitrogen and oxygen atoms in total. The minimum absolute atomic E-state index is 0.346. The molecule has 0 saturated carbocycles. The molecule has 0 fully saturated rings. The Balaban J connectivity index is 1.97. The van der Waals surface area contributed by atoms with Crippen LogP contribution in [-0.4, -0.2) is 34.6 Å². The molecule has 3 aromatic rings. The summed E-state index contributed by atoms with van der Waals surface area (Å²) < 4.78 is 5.63. The molecule has 0 bridgehead atoms. The van der Waals surface area contributed by atoms with E-state index in [4.69, 9.17) is 9.57 Å². The maximum absolute atomic E-state index is 12.3. The SMILES string of the molecule is CCONC(=O)c1cnccc1Nc1cccc(-c2cnc(C)cn2)c1OC. The smallest absolute Gasteiger partial charge is 0.278 e.